The van der Waals surface area contributed by atoms with E-state index in [4.69, 9.17) is 4.74 Å². The van der Waals surface area contributed by atoms with E-state index >= 15 is 0 Å². The summed E-state index contributed by atoms with van der Waals surface area (Å²) in [6.45, 7) is 6.82. The molecule has 2 rings (SSSR count). The molecule has 0 aliphatic heterocycles. The van der Waals surface area contributed by atoms with Gasteiger partial charge >= 0.3 is 0 Å². The molecule has 14 heavy (non-hydrogen) atoms. The van der Waals surface area contributed by atoms with Gasteiger partial charge in [0.1, 0.15) is 11.9 Å². The highest BCUT2D eigenvalue weighted by molar-refractivity contribution is 5.22. The monoisotopic (exact) mass is 190 g/mol. The second kappa shape index (κ2) is 3.30. The second-order valence-corrected chi connectivity index (χ2v) is 5.02. The Morgan fingerprint density at radius 2 is 1.86 bits per heavy atom. The third-order valence-corrected chi connectivity index (χ3v) is 3.14. The van der Waals surface area contributed by atoms with Gasteiger partial charge in [0, 0.05) is 5.41 Å². The summed E-state index contributed by atoms with van der Waals surface area (Å²) in [4.78, 5) is 0. The summed E-state index contributed by atoms with van der Waals surface area (Å²) in [6, 6.07) is 10.1. The van der Waals surface area contributed by atoms with Crippen LogP contribution in [0.1, 0.15) is 27.2 Å². The number of hydrogen-bond donors (Lipinski definition) is 0. The molecule has 1 aromatic rings. The number of para-hydroxylation sites is 1. The molecule has 1 saturated carbocycles. The Hall–Kier alpha value is -0.980. The van der Waals surface area contributed by atoms with E-state index in [0.717, 1.165) is 5.75 Å². The molecule has 1 nitrogen and oxygen atoms in total. The number of benzene rings is 1. The summed E-state index contributed by atoms with van der Waals surface area (Å²) in [5.74, 6) is 1.68. The van der Waals surface area contributed by atoms with Crippen LogP contribution in [0.3, 0.4) is 0 Å². The molecule has 1 aliphatic carbocycles. The van der Waals surface area contributed by atoms with Gasteiger partial charge in [0.2, 0.25) is 0 Å². The standard InChI is InChI=1S/C13H18O/c1-10-9-13(2,3)12(10)14-11-7-5-4-6-8-11/h4-8,10,12H,9H2,1-3H3/t10-,12+/m0/s1. The molecular weight excluding hydrogens is 172 g/mol. The minimum atomic E-state index is 0.343. The topological polar surface area (TPSA) is 9.23 Å². The molecule has 0 N–H and O–H groups in total. The molecule has 1 heteroatoms. The first kappa shape index (κ1) is 9.57. The van der Waals surface area contributed by atoms with Gasteiger partial charge in [0.25, 0.3) is 0 Å². The van der Waals surface area contributed by atoms with Crippen LogP contribution in [0.25, 0.3) is 0 Å². The van der Waals surface area contributed by atoms with E-state index in [1.54, 1.807) is 0 Å². The van der Waals surface area contributed by atoms with Crippen LogP contribution in [-0.4, -0.2) is 6.10 Å². The first-order chi connectivity index (χ1) is 6.59. The van der Waals surface area contributed by atoms with Crippen molar-refractivity contribution in [2.45, 2.75) is 33.3 Å². The van der Waals surface area contributed by atoms with Crippen molar-refractivity contribution in [2.75, 3.05) is 0 Å². The maximum atomic E-state index is 5.98. The number of rotatable bonds is 2. The predicted molar refractivity (Wildman–Crippen MR) is 58.4 cm³/mol. The van der Waals surface area contributed by atoms with Gasteiger partial charge in [-0.25, -0.2) is 0 Å². The maximum absolute atomic E-state index is 5.98. The first-order valence-electron chi connectivity index (χ1n) is 5.31. The fraction of sp³-hybridized carbons (Fsp3) is 0.538. The van der Waals surface area contributed by atoms with Gasteiger partial charge in [0.15, 0.2) is 0 Å². The van der Waals surface area contributed by atoms with Crippen molar-refractivity contribution in [3.8, 4) is 5.75 Å². The van der Waals surface area contributed by atoms with Crippen LogP contribution >= 0.6 is 0 Å². The third kappa shape index (κ3) is 1.63. The Morgan fingerprint density at radius 3 is 2.36 bits per heavy atom. The average molecular weight is 190 g/mol. The van der Waals surface area contributed by atoms with Crippen LogP contribution < -0.4 is 4.74 Å². The zero-order chi connectivity index (χ0) is 10.2. The van der Waals surface area contributed by atoms with Gasteiger partial charge in [-0.15, -0.1) is 0 Å². The van der Waals surface area contributed by atoms with E-state index in [9.17, 15) is 0 Å². The highest BCUT2D eigenvalue weighted by Crippen LogP contribution is 2.46. The Balaban J connectivity index is 2.05. The zero-order valence-corrected chi connectivity index (χ0v) is 9.16. The summed E-state index contributed by atoms with van der Waals surface area (Å²) in [7, 11) is 0. The first-order valence-corrected chi connectivity index (χ1v) is 5.31. The van der Waals surface area contributed by atoms with E-state index in [1.165, 1.54) is 6.42 Å². The predicted octanol–water partition coefficient (Wildman–Crippen LogP) is 3.50. The SMILES string of the molecule is C[C@H]1CC(C)(C)[C@@H]1Oc1ccccc1. The highest BCUT2D eigenvalue weighted by Gasteiger charge is 2.46. The summed E-state index contributed by atoms with van der Waals surface area (Å²) in [6.07, 6.45) is 1.65. The molecule has 0 unspecified atom stereocenters. The molecule has 0 amide bonds. The normalized spacial score (nSPS) is 29.4. The van der Waals surface area contributed by atoms with Gasteiger partial charge in [-0.1, -0.05) is 39.0 Å². The van der Waals surface area contributed by atoms with Gasteiger partial charge in [0.05, 0.1) is 0 Å². The van der Waals surface area contributed by atoms with E-state index in [-0.39, 0.29) is 0 Å². The Kier molecular flexibility index (Phi) is 2.26. The minimum absolute atomic E-state index is 0.343. The lowest BCUT2D eigenvalue weighted by atomic mass is 9.62. The van der Waals surface area contributed by atoms with Crippen molar-refractivity contribution < 1.29 is 4.74 Å². The molecule has 2 atom stereocenters. The van der Waals surface area contributed by atoms with Crippen LogP contribution in [0.15, 0.2) is 30.3 Å². The van der Waals surface area contributed by atoms with Crippen LogP contribution in [-0.2, 0) is 0 Å². The minimum Gasteiger partial charge on any atom is -0.490 e. The van der Waals surface area contributed by atoms with Crippen molar-refractivity contribution in [3.63, 3.8) is 0 Å². The lowest BCUT2D eigenvalue weighted by Gasteiger charge is -2.49. The molecule has 0 aromatic heterocycles. The van der Waals surface area contributed by atoms with Crippen molar-refractivity contribution in [3.05, 3.63) is 30.3 Å². The second-order valence-electron chi connectivity index (χ2n) is 5.02. The molecule has 1 fully saturated rings. The average Bonchev–Trinajstić information content (AvgIpc) is 2.15. The third-order valence-electron chi connectivity index (χ3n) is 3.14. The van der Waals surface area contributed by atoms with Gasteiger partial charge in [-0.3, -0.25) is 0 Å². The maximum Gasteiger partial charge on any atom is 0.119 e. The molecule has 0 saturated heterocycles. The van der Waals surface area contributed by atoms with Crippen molar-refractivity contribution in [1.82, 2.24) is 0 Å². The summed E-state index contributed by atoms with van der Waals surface area (Å²) in [5.41, 5.74) is 0.343. The largest absolute Gasteiger partial charge is 0.490 e. The molecule has 76 valence electrons. The quantitative estimate of drug-likeness (QED) is 0.693. The lowest BCUT2D eigenvalue weighted by molar-refractivity contribution is -0.0717. The molecule has 0 heterocycles. The number of hydrogen-bond acceptors (Lipinski definition) is 1. The van der Waals surface area contributed by atoms with Crippen LogP contribution in [0, 0.1) is 11.3 Å². The van der Waals surface area contributed by atoms with Crippen LogP contribution in [0.5, 0.6) is 5.75 Å². The molecule has 0 spiro atoms. The summed E-state index contributed by atoms with van der Waals surface area (Å²) < 4.78 is 5.98. The molecule has 1 aromatic carbocycles. The molecular formula is C13H18O. The van der Waals surface area contributed by atoms with E-state index < -0.39 is 0 Å². The van der Waals surface area contributed by atoms with Gasteiger partial charge in [-0.2, -0.15) is 0 Å². The van der Waals surface area contributed by atoms with Crippen molar-refractivity contribution >= 4 is 0 Å². The molecule has 0 radical (unpaired) electrons. The molecule has 1 aliphatic rings. The van der Waals surface area contributed by atoms with Crippen molar-refractivity contribution in [2.24, 2.45) is 11.3 Å². The number of ether oxygens (including phenoxy) is 1. The van der Waals surface area contributed by atoms with Crippen LogP contribution in [0.4, 0.5) is 0 Å². The van der Waals surface area contributed by atoms with E-state index in [2.05, 4.69) is 20.8 Å². The Morgan fingerprint density at radius 1 is 1.21 bits per heavy atom. The van der Waals surface area contributed by atoms with E-state index in [0.29, 0.717) is 17.4 Å². The fourth-order valence-corrected chi connectivity index (χ4v) is 2.58. The summed E-state index contributed by atoms with van der Waals surface area (Å²) in [5, 5.41) is 0. The van der Waals surface area contributed by atoms with Gasteiger partial charge < -0.3 is 4.74 Å². The fourth-order valence-electron chi connectivity index (χ4n) is 2.58. The van der Waals surface area contributed by atoms with Crippen LogP contribution in [0.2, 0.25) is 0 Å². The highest BCUT2D eigenvalue weighted by atomic mass is 16.5. The van der Waals surface area contributed by atoms with Gasteiger partial charge in [-0.05, 0) is 24.5 Å². The Bertz CT molecular complexity index is 302. The Labute approximate surface area is 86.1 Å². The smallest absolute Gasteiger partial charge is 0.119 e. The molecule has 0 bridgehead atoms. The summed E-state index contributed by atoms with van der Waals surface area (Å²) >= 11 is 0. The van der Waals surface area contributed by atoms with Crippen molar-refractivity contribution in [1.29, 1.82) is 0 Å². The zero-order valence-electron chi connectivity index (χ0n) is 9.16. The van der Waals surface area contributed by atoms with E-state index in [1.807, 2.05) is 30.3 Å². The lowest BCUT2D eigenvalue weighted by Crippen LogP contribution is -2.51.